The van der Waals surface area contributed by atoms with Gasteiger partial charge in [-0.2, -0.15) is 0 Å². The molecule has 15 heavy (non-hydrogen) atoms. The van der Waals surface area contributed by atoms with Gasteiger partial charge in [0.1, 0.15) is 0 Å². The van der Waals surface area contributed by atoms with Crippen LogP contribution in [-0.4, -0.2) is 39.0 Å². The summed E-state index contributed by atoms with van der Waals surface area (Å²) in [6, 6.07) is 0.322. The number of ether oxygens (including phenoxy) is 2. The van der Waals surface area contributed by atoms with Crippen LogP contribution in [0.1, 0.15) is 39.0 Å². The Balaban J connectivity index is 2.58. The van der Waals surface area contributed by atoms with Gasteiger partial charge in [0.15, 0.2) is 0 Å². The Morgan fingerprint density at radius 2 is 1.93 bits per heavy atom. The van der Waals surface area contributed by atoms with E-state index in [1.807, 2.05) is 21.1 Å². The molecule has 1 N–H and O–H groups in total. The standard InChI is InChI=1S/C12H25NO2/c1-4-15-10-11(13-2)12(14-3)8-6-5-7-9-12/h11,13H,4-10H2,1-3H3. The number of nitrogens with one attached hydrogen (secondary N) is 1. The molecule has 0 aromatic carbocycles. The topological polar surface area (TPSA) is 30.5 Å². The Kier molecular flexibility index (Phi) is 5.58. The molecule has 0 heterocycles. The number of methoxy groups -OCH3 is 1. The lowest BCUT2D eigenvalue weighted by Gasteiger charge is -2.42. The van der Waals surface area contributed by atoms with Gasteiger partial charge in [0.25, 0.3) is 0 Å². The highest BCUT2D eigenvalue weighted by molar-refractivity contribution is 4.94. The average molecular weight is 215 g/mol. The lowest BCUT2D eigenvalue weighted by Crippen LogP contribution is -2.54. The molecule has 1 atom stereocenters. The fourth-order valence-electron chi connectivity index (χ4n) is 2.58. The molecule has 1 saturated carbocycles. The largest absolute Gasteiger partial charge is 0.380 e. The molecule has 1 aliphatic rings. The lowest BCUT2D eigenvalue weighted by atomic mass is 9.79. The first kappa shape index (κ1) is 12.9. The second kappa shape index (κ2) is 6.46. The first-order chi connectivity index (χ1) is 7.29. The van der Waals surface area contributed by atoms with Crippen molar-refractivity contribution in [2.24, 2.45) is 0 Å². The molecular formula is C12H25NO2. The van der Waals surface area contributed by atoms with E-state index in [1.165, 1.54) is 19.3 Å². The molecular weight excluding hydrogens is 190 g/mol. The van der Waals surface area contributed by atoms with Gasteiger partial charge in [0, 0.05) is 13.7 Å². The Labute approximate surface area is 93.5 Å². The quantitative estimate of drug-likeness (QED) is 0.734. The lowest BCUT2D eigenvalue weighted by molar-refractivity contribution is -0.0838. The van der Waals surface area contributed by atoms with E-state index in [0.29, 0.717) is 6.04 Å². The van der Waals surface area contributed by atoms with E-state index in [2.05, 4.69) is 5.32 Å². The van der Waals surface area contributed by atoms with Crippen LogP contribution in [0.3, 0.4) is 0 Å². The van der Waals surface area contributed by atoms with Crippen LogP contribution in [0.4, 0.5) is 0 Å². The molecule has 1 aliphatic carbocycles. The van der Waals surface area contributed by atoms with Gasteiger partial charge in [-0.1, -0.05) is 19.3 Å². The van der Waals surface area contributed by atoms with Crippen molar-refractivity contribution in [2.45, 2.75) is 50.7 Å². The summed E-state index contributed by atoms with van der Waals surface area (Å²) in [5, 5.41) is 3.35. The first-order valence-corrected chi connectivity index (χ1v) is 6.09. The summed E-state index contributed by atoms with van der Waals surface area (Å²) >= 11 is 0. The van der Waals surface area contributed by atoms with Crippen molar-refractivity contribution in [1.82, 2.24) is 5.32 Å². The van der Waals surface area contributed by atoms with Gasteiger partial charge in [-0.15, -0.1) is 0 Å². The fourth-order valence-corrected chi connectivity index (χ4v) is 2.58. The van der Waals surface area contributed by atoms with Crippen molar-refractivity contribution in [3.05, 3.63) is 0 Å². The van der Waals surface area contributed by atoms with Crippen LogP contribution >= 0.6 is 0 Å². The van der Waals surface area contributed by atoms with E-state index in [9.17, 15) is 0 Å². The minimum absolute atomic E-state index is 0.00215. The van der Waals surface area contributed by atoms with E-state index >= 15 is 0 Å². The third-order valence-electron chi connectivity index (χ3n) is 3.58. The van der Waals surface area contributed by atoms with Crippen LogP contribution in [0.25, 0.3) is 0 Å². The summed E-state index contributed by atoms with van der Waals surface area (Å²) in [4.78, 5) is 0. The van der Waals surface area contributed by atoms with Crippen molar-refractivity contribution in [1.29, 1.82) is 0 Å². The summed E-state index contributed by atoms with van der Waals surface area (Å²) in [5.74, 6) is 0. The van der Waals surface area contributed by atoms with Crippen molar-refractivity contribution in [3.8, 4) is 0 Å². The molecule has 0 bridgehead atoms. The van der Waals surface area contributed by atoms with E-state index in [4.69, 9.17) is 9.47 Å². The highest BCUT2D eigenvalue weighted by Gasteiger charge is 2.39. The highest BCUT2D eigenvalue weighted by Crippen LogP contribution is 2.34. The van der Waals surface area contributed by atoms with Gasteiger partial charge in [0.2, 0.25) is 0 Å². The van der Waals surface area contributed by atoms with Crippen LogP contribution in [0.2, 0.25) is 0 Å². The fraction of sp³-hybridized carbons (Fsp3) is 1.00. The van der Waals surface area contributed by atoms with Crippen molar-refractivity contribution < 1.29 is 9.47 Å². The van der Waals surface area contributed by atoms with E-state index < -0.39 is 0 Å². The molecule has 1 unspecified atom stereocenters. The number of hydrogen-bond donors (Lipinski definition) is 1. The molecule has 0 aromatic rings. The maximum Gasteiger partial charge on any atom is 0.0853 e. The molecule has 0 aromatic heterocycles. The van der Waals surface area contributed by atoms with Gasteiger partial charge in [-0.3, -0.25) is 0 Å². The second-order valence-electron chi connectivity index (χ2n) is 4.33. The van der Waals surface area contributed by atoms with Crippen molar-refractivity contribution >= 4 is 0 Å². The van der Waals surface area contributed by atoms with Crippen LogP contribution < -0.4 is 5.32 Å². The molecule has 1 fully saturated rings. The molecule has 0 amide bonds. The van der Waals surface area contributed by atoms with Crippen LogP contribution in [-0.2, 0) is 9.47 Å². The van der Waals surface area contributed by atoms with Crippen molar-refractivity contribution in [2.75, 3.05) is 27.4 Å². The average Bonchev–Trinajstić information content (AvgIpc) is 2.31. The third-order valence-corrected chi connectivity index (χ3v) is 3.58. The van der Waals surface area contributed by atoms with Crippen LogP contribution in [0.5, 0.6) is 0 Å². The second-order valence-corrected chi connectivity index (χ2v) is 4.33. The summed E-state index contributed by atoms with van der Waals surface area (Å²) in [6.07, 6.45) is 6.20. The summed E-state index contributed by atoms with van der Waals surface area (Å²) < 4.78 is 11.3. The van der Waals surface area contributed by atoms with Gasteiger partial charge in [-0.05, 0) is 26.8 Å². The molecule has 0 saturated heterocycles. The van der Waals surface area contributed by atoms with Gasteiger partial charge < -0.3 is 14.8 Å². The summed E-state index contributed by atoms with van der Waals surface area (Å²) in [5.41, 5.74) is 0.00215. The third kappa shape index (κ3) is 3.16. The molecule has 3 nitrogen and oxygen atoms in total. The zero-order chi connectivity index (χ0) is 11.1. The molecule has 1 rings (SSSR count). The predicted molar refractivity (Wildman–Crippen MR) is 62.2 cm³/mol. The van der Waals surface area contributed by atoms with E-state index in [0.717, 1.165) is 26.1 Å². The van der Waals surface area contributed by atoms with Gasteiger partial charge in [-0.25, -0.2) is 0 Å². The molecule has 0 aliphatic heterocycles. The summed E-state index contributed by atoms with van der Waals surface area (Å²) in [7, 11) is 3.83. The number of rotatable bonds is 6. The SMILES string of the molecule is CCOCC(NC)C1(OC)CCCCC1. The Morgan fingerprint density at radius 3 is 2.40 bits per heavy atom. The number of likely N-dealkylation sites (N-methyl/N-ethyl adjacent to an activating group) is 1. The zero-order valence-corrected chi connectivity index (χ0v) is 10.3. The summed E-state index contributed by atoms with van der Waals surface area (Å²) in [6.45, 7) is 3.56. The normalized spacial score (nSPS) is 22.6. The smallest absolute Gasteiger partial charge is 0.0853 e. The Bertz CT molecular complexity index is 167. The van der Waals surface area contributed by atoms with Gasteiger partial charge >= 0.3 is 0 Å². The molecule has 0 spiro atoms. The highest BCUT2D eigenvalue weighted by atomic mass is 16.5. The maximum atomic E-state index is 5.79. The maximum absolute atomic E-state index is 5.79. The molecule has 3 heteroatoms. The van der Waals surface area contributed by atoms with Gasteiger partial charge in [0.05, 0.1) is 18.2 Å². The predicted octanol–water partition coefficient (Wildman–Crippen LogP) is 1.96. The Morgan fingerprint density at radius 1 is 1.27 bits per heavy atom. The monoisotopic (exact) mass is 215 g/mol. The Hall–Kier alpha value is -0.120. The van der Waals surface area contributed by atoms with Crippen LogP contribution in [0, 0.1) is 0 Å². The minimum atomic E-state index is 0.00215. The zero-order valence-electron chi connectivity index (χ0n) is 10.3. The number of hydrogen-bond acceptors (Lipinski definition) is 3. The molecule has 90 valence electrons. The minimum Gasteiger partial charge on any atom is -0.380 e. The van der Waals surface area contributed by atoms with E-state index in [-0.39, 0.29) is 5.60 Å². The van der Waals surface area contributed by atoms with Crippen LogP contribution in [0.15, 0.2) is 0 Å². The van der Waals surface area contributed by atoms with Crippen molar-refractivity contribution in [3.63, 3.8) is 0 Å². The molecule has 0 radical (unpaired) electrons. The first-order valence-electron chi connectivity index (χ1n) is 6.09. The van der Waals surface area contributed by atoms with E-state index in [1.54, 1.807) is 0 Å².